The van der Waals surface area contributed by atoms with E-state index in [-0.39, 0.29) is 17.4 Å². The standard InChI is InChI=1S/C18H20N4O4/c1-20-14-10-12(19-17(23)16-4-3-7-26-16)13(22-5-8-25-9-6-22)11-15(14)21(2)18(20)24/h3-4,7,10-11H,5-6,8-9H2,1-2H3,(H,19,23). The SMILES string of the molecule is Cn1c(=O)n(C)c2cc(N3CCOCC3)c(NC(=O)c3ccco3)cc21. The number of fused-ring (bicyclic) bond motifs is 1. The second-order valence-electron chi connectivity index (χ2n) is 6.29. The van der Waals surface area contributed by atoms with Crippen LogP contribution in [0.15, 0.2) is 39.7 Å². The number of carbonyl (C=O) groups is 1. The molecule has 26 heavy (non-hydrogen) atoms. The Morgan fingerprint density at radius 3 is 2.46 bits per heavy atom. The molecule has 0 aliphatic carbocycles. The van der Waals surface area contributed by atoms with Crippen molar-refractivity contribution in [2.24, 2.45) is 14.1 Å². The van der Waals surface area contributed by atoms with Crippen molar-refractivity contribution in [3.8, 4) is 0 Å². The summed E-state index contributed by atoms with van der Waals surface area (Å²) in [5.41, 5.74) is 2.96. The number of aromatic nitrogens is 2. The van der Waals surface area contributed by atoms with E-state index >= 15 is 0 Å². The second kappa shape index (κ2) is 6.38. The van der Waals surface area contributed by atoms with Crippen molar-refractivity contribution in [2.45, 2.75) is 0 Å². The number of rotatable bonds is 3. The lowest BCUT2D eigenvalue weighted by molar-refractivity contribution is 0.0996. The van der Waals surface area contributed by atoms with E-state index in [1.807, 2.05) is 12.1 Å². The molecule has 3 heterocycles. The van der Waals surface area contributed by atoms with Crippen LogP contribution in [0.2, 0.25) is 0 Å². The fourth-order valence-electron chi connectivity index (χ4n) is 3.29. The molecular weight excluding hydrogens is 336 g/mol. The van der Waals surface area contributed by atoms with Crippen LogP contribution in [0, 0.1) is 0 Å². The summed E-state index contributed by atoms with van der Waals surface area (Å²) in [5.74, 6) is -0.0928. The maximum atomic E-state index is 12.5. The van der Waals surface area contributed by atoms with Crippen LogP contribution >= 0.6 is 0 Å². The highest BCUT2D eigenvalue weighted by Crippen LogP contribution is 2.32. The topological polar surface area (TPSA) is 81.6 Å². The minimum Gasteiger partial charge on any atom is -0.459 e. The van der Waals surface area contributed by atoms with E-state index in [1.165, 1.54) is 6.26 Å². The smallest absolute Gasteiger partial charge is 0.328 e. The fourth-order valence-corrected chi connectivity index (χ4v) is 3.29. The molecule has 1 aliphatic rings. The number of imidazole rings is 1. The average molecular weight is 356 g/mol. The van der Waals surface area contributed by atoms with Crippen molar-refractivity contribution >= 4 is 28.3 Å². The van der Waals surface area contributed by atoms with Crippen LogP contribution in [0.3, 0.4) is 0 Å². The van der Waals surface area contributed by atoms with Crippen LogP contribution in [0.4, 0.5) is 11.4 Å². The Kier molecular flexibility index (Phi) is 4.04. The molecule has 3 aromatic rings. The first kappa shape index (κ1) is 16.5. The number of nitrogens with zero attached hydrogens (tertiary/aromatic N) is 3. The molecule has 2 aromatic heterocycles. The molecule has 0 radical (unpaired) electrons. The molecule has 4 rings (SSSR count). The lowest BCUT2D eigenvalue weighted by Gasteiger charge is -2.30. The molecular formula is C18H20N4O4. The Morgan fingerprint density at radius 2 is 1.81 bits per heavy atom. The molecule has 0 bridgehead atoms. The Labute approximate surface area is 149 Å². The van der Waals surface area contributed by atoms with E-state index in [9.17, 15) is 9.59 Å². The fraction of sp³-hybridized carbons (Fsp3) is 0.333. The predicted molar refractivity (Wildman–Crippen MR) is 97.9 cm³/mol. The highest BCUT2D eigenvalue weighted by molar-refractivity contribution is 6.05. The van der Waals surface area contributed by atoms with Gasteiger partial charge in [-0.3, -0.25) is 13.9 Å². The third kappa shape index (κ3) is 2.68. The van der Waals surface area contributed by atoms with Gasteiger partial charge in [-0.05, 0) is 24.3 Å². The summed E-state index contributed by atoms with van der Waals surface area (Å²) < 4.78 is 13.8. The van der Waals surface area contributed by atoms with Crippen LogP contribution in [-0.4, -0.2) is 41.3 Å². The zero-order valence-corrected chi connectivity index (χ0v) is 14.7. The lowest BCUT2D eigenvalue weighted by atomic mass is 10.2. The van der Waals surface area contributed by atoms with Gasteiger partial charge in [0.2, 0.25) is 0 Å². The first-order valence-electron chi connectivity index (χ1n) is 8.43. The number of anilines is 2. The van der Waals surface area contributed by atoms with Crippen LogP contribution < -0.4 is 15.9 Å². The summed E-state index contributed by atoms with van der Waals surface area (Å²) in [6.07, 6.45) is 1.46. The summed E-state index contributed by atoms with van der Waals surface area (Å²) >= 11 is 0. The van der Waals surface area contributed by atoms with E-state index in [2.05, 4.69) is 10.2 Å². The monoisotopic (exact) mass is 356 g/mol. The first-order valence-corrected chi connectivity index (χ1v) is 8.43. The largest absolute Gasteiger partial charge is 0.459 e. The molecule has 1 N–H and O–H groups in total. The molecule has 1 amide bonds. The second-order valence-corrected chi connectivity index (χ2v) is 6.29. The average Bonchev–Trinajstić information content (AvgIpc) is 3.27. The predicted octanol–water partition coefficient (Wildman–Crippen LogP) is 1.56. The number of benzene rings is 1. The van der Waals surface area contributed by atoms with Gasteiger partial charge in [0.25, 0.3) is 5.91 Å². The van der Waals surface area contributed by atoms with Crippen molar-refractivity contribution in [3.05, 3.63) is 46.8 Å². The molecule has 0 spiro atoms. The number of carbonyl (C=O) groups excluding carboxylic acids is 1. The third-order valence-electron chi connectivity index (χ3n) is 4.73. The van der Waals surface area contributed by atoms with Gasteiger partial charge in [0.15, 0.2) is 5.76 Å². The number of aryl methyl sites for hydroxylation is 2. The van der Waals surface area contributed by atoms with Crippen LogP contribution in [0.5, 0.6) is 0 Å². The highest BCUT2D eigenvalue weighted by atomic mass is 16.5. The summed E-state index contributed by atoms with van der Waals surface area (Å²) in [5, 5.41) is 2.92. The zero-order valence-electron chi connectivity index (χ0n) is 14.7. The number of hydrogen-bond acceptors (Lipinski definition) is 5. The Balaban J connectivity index is 1.83. The number of furan rings is 1. The van der Waals surface area contributed by atoms with E-state index < -0.39 is 0 Å². The Bertz CT molecular complexity index is 1010. The van der Waals surface area contributed by atoms with Crippen LogP contribution in [0.25, 0.3) is 11.0 Å². The number of ether oxygens (including phenoxy) is 1. The third-order valence-corrected chi connectivity index (χ3v) is 4.73. The first-order chi connectivity index (χ1) is 12.6. The maximum Gasteiger partial charge on any atom is 0.328 e. The zero-order chi connectivity index (χ0) is 18.3. The summed E-state index contributed by atoms with van der Waals surface area (Å²) in [4.78, 5) is 26.9. The van der Waals surface area contributed by atoms with Crippen molar-refractivity contribution in [2.75, 3.05) is 36.5 Å². The van der Waals surface area contributed by atoms with Gasteiger partial charge in [-0.15, -0.1) is 0 Å². The minimum atomic E-state index is -0.329. The maximum absolute atomic E-state index is 12.5. The normalized spacial score (nSPS) is 14.8. The minimum absolute atomic E-state index is 0.109. The molecule has 1 aliphatic heterocycles. The van der Waals surface area contributed by atoms with Crippen molar-refractivity contribution in [1.29, 1.82) is 0 Å². The summed E-state index contributed by atoms with van der Waals surface area (Å²) in [7, 11) is 3.46. The molecule has 0 unspecified atom stereocenters. The Hall–Kier alpha value is -3.00. The summed E-state index contributed by atoms with van der Waals surface area (Å²) in [6, 6.07) is 7.06. The van der Waals surface area contributed by atoms with Gasteiger partial charge in [0.05, 0.1) is 41.9 Å². The molecule has 0 saturated carbocycles. The molecule has 1 saturated heterocycles. The van der Waals surface area contributed by atoms with E-state index in [1.54, 1.807) is 35.4 Å². The van der Waals surface area contributed by atoms with Gasteiger partial charge in [-0.1, -0.05) is 0 Å². The van der Waals surface area contributed by atoms with Crippen LogP contribution in [-0.2, 0) is 18.8 Å². The van der Waals surface area contributed by atoms with Gasteiger partial charge in [-0.25, -0.2) is 4.79 Å². The number of amides is 1. The van der Waals surface area contributed by atoms with Crippen LogP contribution in [0.1, 0.15) is 10.6 Å². The van der Waals surface area contributed by atoms with Gasteiger partial charge in [0.1, 0.15) is 0 Å². The van der Waals surface area contributed by atoms with Gasteiger partial charge in [0, 0.05) is 27.2 Å². The van der Waals surface area contributed by atoms with Gasteiger partial charge < -0.3 is 19.4 Å². The van der Waals surface area contributed by atoms with Crippen molar-refractivity contribution in [3.63, 3.8) is 0 Å². The number of morpholine rings is 1. The number of hydrogen-bond donors (Lipinski definition) is 1. The quantitative estimate of drug-likeness (QED) is 0.770. The van der Waals surface area contributed by atoms with Crippen molar-refractivity contribution in [1.82, 2.24) is 9.13 Å². The highest BCUT2D eigenvalue weighted by Gasteiger charge is 2.21. The Morgan fingerprint density at radius 1 is 1.12 bits per heavy atom. The summed E-state index contributed by atoms with van der Waals surface area (Å²) in [6.45, 7) is 2.68. The van der Waals surface area contributed by atoms with Crippen molar-refractivity contribution < 1.29 is 13.9 Å². The number of nitrogens with one attached hydrogen (secondary N) is 1. The van der Waals surface area contributed by atoms with Gasteiger partial charge in [-0.2, -0.15) is 0 Å². The molecule has 1 aromatic carbocycles. The molecule has 0 atom stereocenters. The molecule has 8 nitrogen and oxygen atoms in total. The van der Waals surface area contributed by atoms with E-state index in [4.69, 9.17) is 9.15 Å². The molecule has 136 valence electrons. The van der Waals surface area contributed by atoms with Gasteiger partial charge >= 0.3 is 5.69 Å². The molecule has 1 fully saturated rings. The van der Waals surface area contributed by atoms with E-state index in [0.29, 0.717) is 18.9 Å². The lowest BCUT2D eigenvalue weighted by Crippen LogP contribution is -2.36. The van der Waals surface area contributed by atoms with E-state index in [0.717, 1.165) is 29.8 Å². The molecule has 8 heteroatoms.